The second-order valence-corrected chi connectivity index (χ2v) is 4.56. The Hall–Kier alpha value is -1.10. The molecule has 0 aliphatic heterocycles. The van der Waals surface area contributed by atoms with Crippen molar-refractivity contribution in [1.82, 2.24) is 10.6 Å². The normalized spacial score (nSPS) is 14.2. The minimum absolute atomic E-state index is 0.0370. The van der Waals surface area contributed by atoms with E-state index in [-0.39, 0.29) is 23.8 Å². The molecule has 0 saturated carbocycles. The van der Waals surface area contributed by atoms with Crippen LogP contribution in [-0.4, -0.2) is 35.6 Å². The van der Waals surface area contributed by atoms with Crippen molar-refractivity contribution in [2.75, 3.05) is 6.54 Å². The summed E-state index contributed by atoms with van der Waals surface area (Å²) in [5.41, 5.74) is 0. The summed E-state index contributed by atoms with van der Waals surface area (Å²) in [4.78, 5) is 22.7. The van der Waals surface area contributed by atoms with E-state index in [1.54, 1.807) is 0 Å². The zero-order chi connectivity index (χ0) is 13.4. The molecule has 5 heteroatoms. The maximum Gasteiger partial charge on any atom is 0.242 e. The van der Waals surface area contributed by atoms with Crippen molar-refractivity contribution in [2.45, 2.75) is 52.7 Å². The largest absolute Gasteiger partial charge is 0.393 e. The maximum absolute atomic E-state index is 11.8. The number of amides is 2. The maximum atomic E-state index is 11.8. The van der Waals surface area contributed by atoms with E-state index in [4.69, 9.17) is 0 Å². The molecule has 0 saturated heterocycles. The number of carbonyl (C=O) groups is 2. The lowest BCUT2D eigenvalue weighted by atomic mass is 10.0. The monoisotopic (exact) mass is 244 g/mol. The highest BCUT2D eigenvalue weighted by Crippen LogP contribution is 2.02. The summed E-state index contributed by atoms with van der Waals surface area (Å²) >= 11 is 0. The standard InChI is InChI=1S/C12H24N2O3/c1-5-10(16)6-7-13-12(17)11(8(2)3)14-9(4)15/h8,10-11,16H,5-7H2,1-4H3,(H,13,17)(H,14,15). The first kappa shape index (κ1) is 15.9. The topological polar surface area (TPSA) is 78.4 Å². The van der Waals surface area contributed by atoms with Crippen LogP contribution in [0.4, 0.5) is 0 Å². The van der Waals surface area contributed by atoms with Crippen LogP contribution in [0.3, 0.4) is 0 Å². The Bertz CT molecular complexity index is 254. The second-order valence-electron chi connectivity index (χ2n) is 4.56. The number of aliphatic hydroxyl groups is 1. The molecule has 0 fully saturated rings. The molecular weight excluding hydrogens is 220 g/mol. The zero-order valence-electron chi connectivity index (χ0n) is 11.1. The van der Waals surface area contributed by atoms with Crippen LogP contribution < -0.4 is 10.6 Å². The summed E-state index contributed by atoms with van der Waals surface area (Å²) in [7, 11) is 0. The molecule has 2 unspecified atom stereocenters. The van der Waals surface area contributed by atoms with Gasteiger partial charge in [-0.05, 0) is 18.8 Å². The average molecular weight is 244 g/mol. The molecule has 0 aliphatic carbocycles. The Morgan fingerprint density at radius 3 is 2.29 bits per heavy atom. The first-order valence-electron chi connectivity index (χ1n) is 6.11. The van der Waals surface area contributed by atoms with Gasteiger partial charge in [-0.25, -0.2) is 0 Å². The summed E-state index contributed by atoms with van der Waals surface area (Å²) < 4.78 is 0. The van der Waals surface area contributed by atoms with Gasteiger partial charge in [0.15, 0.2) is 0 Å². The van der Waals surface area contributed by atoms with E-state index in [1.807, 2.05) is 20.8 Å². The molecule has 5 nitrogen and oxygen atoms in total. The van der Waals surface area contributed by atoms with Gasteiger partial charge >= 0.3 is 0 Å². The van der Waals surface area contributed by atoms with Crippen molar-refractivity contribution in [1.29, 1.82) is 0 Å². The van der Waals surface area contributed by atoms with Gasteiger partial charge in [0.1, 0.15) is 6.04 Å². The molecule has 0 aliphatic rings. The quantitative estimate of drug-likeness (QED) is 0.607. The van der Waals surface area contributed by atoms with Crippen LogP contribution in [0.25, 0.3) is 0 Å². The van der Waals surface area contributed by atoms with Crippen LogP contribution in [0.1, 0.15) is 40.5 Å². The summed E-state index contributed by atoms with van der Waals surface area (Å²) in [5, 5.41) is 14.7. The predicted octanol–water partition coefficient (Wildman–Crippen LogP) is 0.424. The first-order valence-corrected chi connectivity index (χ1v) is 6.11. The molecule has 3 N–H and O–H groups in total. The van der Waals surface area contributed by atoms with Crippen molar-refractivity contribution in [3.05, 3.63) is 0 Å². The van der Waals surface area contributed by atoms with Crippen LogP contribution in [0.15, 0.2) is 0 Å². The number of hydrogen-bond acceptors (Lipinski definition) is 3. The van der Waals surface area contributed by atoms with Crippen LogP contribution in [0, 0.1) is 5.92 Å². The molecule has 0 bridgehead atoms. The SMILES string of the molecule is CCC(O)CCNC(=O)C(NC(C)=O)C(C)C. The third-order valence-corrected chi connectivity index (χ3v) is 2.56. The fourth-order valence-corrected chi connectivity index (χ4v) is 1.43. The van der Waals surface area contributed by atoms with E-state index in [2.05, 4.69) is 10.6 Å². The van der Waals surface area contributed by atoms with Crippen molar-refractivity contribution >= 4 is 11.8 Å². The molecule has 0 spiro atoms. The average Bonchev–Trinajstić information content (AvgIpc) is 2.24. The van der Waals surface area contributed by atoms with Gasteiger partial charge in [0, 0.05) is 13.5 Å². The number of nitrogens with one attached hydrogen (secondary N) is 2. The van der Waals surface area contributed by atoms with Gasteiger partial charge in [0.2, 0.25) is 11.8 Å². The molecule has 0 radical (unpaired) electrons. The Labute approximate surface area is 103 Å². The Kier molecular flexibility index (Phi) is 7.54. The molecule has 0 rings (SSSR count). The van der Waals surface area contributed by atoms with Crippen LogP contribution in [0.2, 0.25) is 0 Å². The van der Waals surface area contributed by atoms with Gasteiger partial charge in [0.05, 0.1) is 6.10 Å². The van der Waals surface area contributed by atoms with Crippen LogP contribution >= 0.6 is 0 Å². The number of carbonyl (C=O) groups excluding carboxylic acids is 2. The molecule has 0 aromatic carbocycles. The van der Waals surface area contributed by atoms with Crippen molar-refractivity contribution < 1.29 is 14.7 Å². The predicted molar refractivity (Wildman–Crippen MR) is 66.4 cm³/mol. The van der Waals surface area contributed by atoms with E-state index in [0.717, 1.165) is 0 Å². The Morgan fingerprint density at radius 2 is 1.88 bits per heavy atom. The summed E-state index contributed by atoms with van der Waals surface area (Å²) in [5.74, 6) is -0.374. The minimum Gasteiger partial charge on any atom is -0.393 e. The van der Waals surface area contributed by atoms with E-state index >= 15 is 0 Å². The lowest BCUT2D eigenvalue weighted by Gasteiger charge is -2.21. The third-order valence-electron chi connectivity index (χ3n) is 2.56. The zero-order valence-corrected chi connectivity index (χ0v) is 11.1. The summed E-state index contributed by atoms with van der Waals surface area (Å²) in [6.07, 6.45) is 0.830. The van der Waals surface area contributed by atoms with Gasteiger partial charge in [-0.3, -0.25) is 9.59 Å². The Balaban J connectivity index is 4.11. The molecular formula is C12H24N2O3. The van der Waals surface area contributed by atoms with Gasteiger partial charge in [-0.1, -0.05) is 20.8 Å². The fourth-order valence-electron chi connectivity index (χ4n) is 1.43. The second kappa shape index (κ2) is 8.06. The van der Waals surface area contributed by atoms with Gasteiger partial charge in [0.25, 0.3) is 0 Å². The van der Waals surface area contributed by atoms with E-state index in [0.29, 0.717) is 19.4 Å². The van der Waals surface area contributed by atoms with E-state index in [1.165, 1.54) is 6.92 Å². The van der Waals surface area contributed by atoms with Crippen molar-refractivity contribution in [3.8, 4) is 0 Å². The number of aliphatic hydroxyl groups excluding tert-OH is 1. The Morgan fingerprint density at radius 1 is 1.29 bits per heavy atom. The highest BCUT2D eigenvalue weighted by Gasteiger charge is 2.22. The van der Waals surface area contributed by atoms with Gasteiger partial charge < -0.3 is 15.7 Å². The smallest absolute Gasteiger partial charge is 0.242 e. The molecule has 17 heavy (non-hydrogen) atoms. The molecule has 0 aromatic heterocycles. The summed E-state index contributed by atoms with van der Waals surface area (Å²) in [6, 6.07) is -0.508. The molecule has 2 atom stereocenters. The van der Waals surface area contributed by atoms with Gasteiger partial charge in [-0.15, -0.1) is 0 Å². The molecule has 0 aromatic rings. The molecule has 0 heterocycles. The van der Waals surface area contributed by atoms with Crippen molar-refractivity contribution in [2.24, 2.45) is 5.92 Å². The van der Waals surface area contributed by atoms with E-state index in [9.17, 15) is 14.7 Å². The lowest BCUT2D eigenvalue weighted by Crippen LogP contribution is -2.49. The number of hydrogen-bond donors (Lipinski definition) is 3. The first-order chi connectivity index (χ1) is 7.88. The van der Waals surface area contributed by atoms with Gasteiger partial charge in [-0.2, -0.15) is 0 Å². The highest BCUT2D eigenvalue weighted by molar-refractivity contribution is 5.86. The third kappa shape index (κ3) is 6.94. The van der Waals surface area contributed by atoms with Crippen LogP contribution in [0.5, 0.6) is 0 Å². The molecule has 2 amide bonds. The van der Waals surface area contributed by atoms with Crippen LogP contribution in [-0.2, 0) is 9.59 Å². The minimum atomic E-state index is -0.508. The van der Waals surface area contributed by atoms with E-state index < -0.39 is 6.04 Å². The highest BCUT2D eigenvalue weighted by atomic mass is 16.3. The van der Waals surface area contributed by atoms with Crippen molar-refractivity contribution in [3.63, 3.8) is 0 Å². The lowest BCUT2D eigenvalue weighted by molar-refractivity contribution is -0.129. The summed E-state index contributed by atoms with van der Waals surface area (Å²) in [6.45, 7) is 7.46. The fraction of sp³-hybridized carbons (Fsp3) is 0.833. The molecule has 100 valence electrons. The number of rotatable bonds is 7.